The van der Waals surface area contributed by atoms with E-state index in [-0.39, 0.29) is 6.04 Å². The summed E-state index contributed by atoms with van der Waals surface area (Å²) in [4.78, 5) is 0. The Labute approximate surface area is 120 Å². The number of nitrogens with zero attached hydrogens (tertiary/aromatic N) is 2. The van der Waals surface area contributed by atoms with Gasteiger partial charge in [-0.1, -0.05) is 0 Å². The van der Waals surface area contributed by atoms with E-state index in [1.54, 1.807) is 4.68 Å². The summed E-state index contributed by atoms with van der Waals surface area (Å²) in [5, 5.41) is 4.19. The molecule has 1 atom stereocenters. The van der Waals surface area contributed by atoms with Crippen LogP contribution < -0.4 is 5.73 Å². The van der Waals surface area contributed by atoms with E-state index >= 15 is 0 Å². The minimum Gasteiger partial charge on any atom is -0.376 e. The number of nitrogens with two attached hydrogens (primary N) is 1. The Balaban J connectivity index is 1.38. The van der Waals surface area contributed by atoms with E-state index in [1.165, 1.54) is 32.1 Å². The molecule has 2 N–H and O–H groups in total. The van der Waals surface area contributed by atoms with E-state index in [1.807, 2.05) is 19.4 Å². The number of aryl methyl sites for hydroxylation is 1. The van der Waals surface area contributed by atoms with Crippen molar-refractivity contribution < 1.29 is 4.74 Å². The van der Waals surface area contributed by atoms with Gasteiger partial charge in [0.25, 0.3) is 0 Å². The quantitative estimate of drug-likeness (QED) is 0.917. The fourth-order valence-electron chi connectivity index (χ4n) is 5.09. The molecule has 4 aliphatic carbocycles. The lowest BCUT2D eigenvalue weighted by Gasteiger charge is -2.54. The molecule has 0 spiro atoms. The normalized spacial score (nSPS) is 40.2. The SMILES string of the molecule is Cn1cc(C(N)COC2C3CC4CC(C3)CC2C4)cn1. The van der Waals surface area contributed by atoms with E-state index in [0.29, 0.717) is 12.7 Å². The van der Waals surface area contributed by atoms with Gasteiger partial charge in [0, 0.05) is 18.8 Å². The molecule has 4 saturated carbocycles. The van der Waals surface area contributed by atoms with Gasteiger partial charge in [0.15, 0.2) is 0 Å². The molecule has 4 nitrogen and oxygen atoms in total. The molecule has 1 unspecified atom stereocenters. The maximum atomic E-state index is 6.28. The molecule has 5 rings (SSSR count). The Morgan fingerprint density at radius 1 is 1.25 bits per heavy atom. The first-order valence-corrected chi connectivity index (χ1v) is 8.04. The van der Waals surface area contributed by atoms with Gasteiger partial charge < -0.3 is 10.5 Å². The summed E-state index contributed by atoms with van der Waals surface area (Å²) < 4.78 is 8.09. The maximum absolute atomic E-state index is 6.28. The average Bonchev–Trinajstić information content (AvgIpc) is 2.83. The van der Waals surface area contributed by atoms with Crippen LogP contribution in [0.5, 0.6) is 0 Å². The molecule has 1 aromatic rings. The second-order valence-electron chi connectivity index (χ2n) is 7.28. The largest absolute Gasteiger partial charge is 0.376 e. The molecule has 1 heterocycles. The van der Waals surface area contributed by atoms with Crippen LogP contribution >= 0.6 is 0 Å². The summed E-state index contributed by atoms with van der Waals surface area (Å²) in [5.41, 5.74) is 7.31. The van der Waals surface area contributed by atoms with E-state index in [4.69, 9.17) is 10.5 Å². The minimum atomic E-state index is -0.0408. The minimum absolute atomic E-state index is 0.0408. The van der Waals surface area contributed by atoms with Gasteiger partial charge >= 0.3 is 0 Å². The van der Waals surface area contributed by atoms with Crippen molar-refractivity contribution in [2.24, 2.45) is 36.5 Å². The lowest BCUT2D eigenvalue weighted by molar-refractivity contribution is -0.128. The Hall–Kier alpha value is -0.870. The molecule has 1 aromatic heterocycles. The van der Waals surface area contributed by atoms with Gasteiger partial charge in [0.2, 0.25) is 0 Å². The topological polar surface area (TPSA) is 53.1 Å². The van der Waals surface area contributed by atoms with E-state index in [2.05, 4.69) is 5.10 Å². The molecule has 4 heteroatoms. The number of hydrogen-bond donors (Lipinski definition) is 1. The highest BCUT2D eigenvalue weighted by atomic mass is 16.5. The second-order valence-corrected chi connectivity index (χ2v) is 7.28. The highest BCUT2D eigenvalue weighted by molar-refractivity contribution is 5.09. The first kappa shape index (κ1) is 12.8. The first-order chi connectivity index (χ1) is 9.69. The highest BCUT2D eigenvalue weighted by Crippen LogP contribution is 2.54. The summed E-state index contributed by atoms with van der Waals surface area (Å²) in [7, 11) is 1.93. The van der Waals surface area contributed by atoms with E-state index < -0.39 is 0 Å². The molecule has 0 saturated heterocycles. The van der Waals surface area contributed by atoms with Crippen molar-refractivity contribution >= 4 is 0 Å². The Morgan fingerprint density at radius 3 is 2.45 bits per heavy atom. The van der Waals surface area contributed by atoms with Gasteiger partial charge in [-0.3, -0.25) is 4.68 Å². The van der Waals surface area contributed by atoms with Gasteiger partial charge in [-0.2, -0.15) is 5.10 Å². The summed E-state index contributed by atoms with van der Waals surface area (Å²) in [6.07, 6.45) is 11.4. The van der Waals surface area contributed by atoms with Crippen molar-refractivity contribution in [1.29, 1.82) is 0 Å². The van der Waals surface area contributed by atoms with Crippen LogP contribution in [0.25, 0.3) is 0 Å². The van der Waals surface area contributed by atoms with Gasteiger partial charge in [0.05, 0.1) is 24.9 Å². The smallest absolute Gasteiger partial charge is 0.0664 e. The Bertz CT molecular complexity index is 456. The van der Waals surface area contributed by atoms with E-state index in [9.17, 15) is 0 Å². The summed E-state index contributed by atoms with van der Waals surface area (Å²) in [5.74, 6) is 3.63. The van der Waals surface area contributed by atoms with Crippen molar-refractivity contribution in [2.45, 2.75) is 44.2 Å². The molecule has 0 radical (unpaired) electrons. The predicted molar refractivity (Wildman–Crippen MR) is 76.9 cm³/mol. The fraction of sp³-hybridized carbons (Fsp3) is 0.812. The van der Waals surface area contributed by atoms with Crippen LogP contribution in [0.15, 0.2) is 12.4 Å². The summed E-state index contributed by atoms with van der Waals surface area (Å²) in [6.45, 7) is 0.638. The molecule has 0 amide bonds. The number of aromatic nitrogens is 2. The average molecular weight is 275 g/mol. The van der Waals surface area contributed by atoms with Crippen LogP contribution in [0, 0.1) is 23.7 Å². The van der Waals surface area contributed by atoms with Gasteiger partial charge in [0.1, 0.15) is 0 Å². The Morgan fingerprint density at radius 2 is 1.90 bits per heavy atom. The zero-order chi connectivity index (χ0) is 13.7. The van der Waals surface area contributed by atoms with Crippen LogP contribution in [-0.2, 0) is 11.8 Å². The van der Waals surface area contributed by atoms with Crippen LogP contribution in [0.2, 0.25) is 0 Å². The lowest BCUT2D eigenvalue weighted by Crippen LogP contribution is -2.49. The molecule has 4 bridgehead atoms. The van der Waals surface area contributed by atoms with Gasteiger partial charge in [-0.15, -0.1) is 0 Å². The van der Waals surface area contributed by atoms with Crippen LogP contribution in [0.4, 0.5) is 0 Å². The molecule has 110 valence electrons. The summed E-state index contributed by atoms with van der Waals surface area (Å²) in [6, 6.07) is -0.0408. The van der Waals surface area contributed by atoms with Crippen molar-refractivity contribution in [3.05, 3.63) is 18.0 Å². The number of ether oxygens (including phenoxy) is 1. The molecular weight excluding hydrogens is 250 g/mol. The first-order valence-electron chi connectivity index (χ1n) is 8.04. The van der Waals surface area contributed by atoms with Crippen molar-refractivity contribution in [1.82, 2.24) is 9.78 Å². The molecule has 0 aromatic carbocycles. The second kappa shape index (κ2) is 4.85. The zero-order valence-electron chi connectivity index (χ0n) is 12.2. The van der Waals surface area contributed by atoms with Crippen LogP contribution in [-0.4, -0.2) is 22.5 Å². The van der Waals surface area contributed by atoms with Crippen molar-refractivity contribution in [3.8, 4) is 0 Å². The third-order valence-electron chi connectivity index (χ3n) is 5.76. The third-order valence-corrected chi connectivity index (χ3v) is 5.76. The van der Waals surface area contributed by atoms with E-state index in [0.717, 1.165) is 29.2 Å². The highest BCUT2D eigenvalue weighted by Gasteiger charge is 2.48. The zero-order valence-corrected chi connectivity index (χ0v) is 12.2. The number of hydrogen-bond acceptors (Lipinski definition) is 3. The third kappa shape index (κ3) is 2.19. The standard InChI is InChI=1S/C16H25N3O/c1-19-8-14(7-18-19)15(17)9-20-16-12-3-10-2-11(5-12)6-13(16)4-10/h7-8,10-13,15-16H,2-6,9,17H2,1H3. The molecule has 20 heavy (non-hydrogen) atoms. The van der Waals surface area contributed by atoms with Gasteiger partial charge in [-0.25, -0.2) is 0 Å². The molecule has 4 aliphatic rings. The van der Waals surface area contributed by atoms with Gasteiger partial charge in [-0.05, 0) is 55.8 Å². The van der Waals surface area contributed by atoms with Crippen LogP contribution in [0.1, 0.15) is 43.7 Å². The lowest BCUT2D eigenvalue weighted by atomic mass is 9.55. The maximum Gasteiger partial charge on any atom is 0.0664 e. The predicted octanol–water partition coefficient (Wildman–Crippen LogP) is 2.26. The fourth-order valence-corrected chi connectivity index (χ4v) is 5.09. The molecular formula is C16H25N3O. The van der Waals surface area contributed by atoms with Crippen molar-refractivity contribution in [3.63, 3.8) is 0 Å². The summed E-state index contributed by atoms with van der Waals surface area (Å²) >= 11 is 0. The Kier molecular flexibility index (Phi) is 3.11. The molecule has 4 fully saturated rings. The van der Waals surface area contributed by atoms with Crippen LogP contribution in [0.3, 0.4) is 0 Å². The number of rotatable bonds is 4. The monoisotopic (exact) mass is 275 g/mol. The van der Waals surface area contributed by atoms with Crippen molar-refractivity contribution in [2.75, 3.05) is 6.61 Å². The molecule has 0 aliphatic heterocycles.